The van der Waals surface area contributed by atoms with Gasteiger partial charge in [0.2, 0.25) is 6.41 Å². The number of carbonyl (C=O) groups excluding carboxylic acids is 1. The first-order chi connectivity index (χ1) is 13.7. The number of hydrogen-bond acceptors (Lipinski definition) is 2. The van der Waals surface area contributed by atoms with E-state index in [0.29, 0.717) is 6.54 Å². The maximum Gasteiger partial charge on any atom is 0.214 e. The molecule has 0 aliphatic heterocycles. The number of aromatic amines is 1. The van der Waals surface area contributed by atoms with Crippen molar-refractivity contribution in [3.63, 3.8) is 0 Å². The molecular formula is C23H26FN3O. The summed E-state index contributed by atoms with van der Waals surface area (Å²) in [6.45, 7) is 3.51. The fraction of sp³-hybridized carbons (Fsp3) is 0.348. The zero-order valence-electron chi connectivity index (χ0n) is 16.2. The van der Waals surface area contributed by atoms with Gasteiger partial charge in [0, 0.05) is 41.4 Å². The lowest BCUT2D eigenvalue weighted by Gasteiger charge is -2.24. The van der Waals surface area contributed by atoms with Crippen molar-refractivity contribution in [2.45, 2.75) is 45.2 Å². The number of benzene rings is 2. The smallest absolute Gasteiger partial charge is 0.214 e. The van der Waals surface area contributed by atoms with Crippen LogP contribution in [0.25, 0.3) is 10.9 Å². The lowest BCUT2D eigenvalue weighted by atomic mass is 9.91. The van der Waals surface area contributed by atoms with E-state index in [-0.39, 0.29) is 11.9 Å². The van der Waals surface area contributed by atoms with Crippen LogP contribution in [0.15, 0.2) is 42.5 Å². The van der Waals surface area contributed by atoms with Crippen molar-refractivity contribution in [2.24, 2.45) is 0 Å². The fourth-order valence-corrected chi connectivity index (χ4v) is 4.16. The van der Waals surface area contributed by atoms with Gasteiger partial charge in [0.1, 0.15) is 5.82 Å². The Morgan fingerprint density at radius 3 is 2.82 bits per heavy atom. The Kier molecular flexibility index (Phi) is 5.44. The molecule has 2 N–H and O–H groups in total. The van der Waals surface area contributed by atoms with Gasteiger partial charge in [-0.1, -0.05) is 19.1 Å². The predicted octanol–water partition coefficient (Wildman–Crippen LogP) is 4.85. The summed E-state index contributed by atoms with van der Waals surface area (Å²) in [7, 11) is 0. The molecule has 1 heterocycles. The third-order valence-electron chi connectivity index (χ3n) is 5.58. The van der Waals surface area contributed by atoms with Crippen LogP contribution in [-0.2, 0) is 17.8 Å². The first kappa shape index (κ1) is 18.7. The first-order valence-corrected chi connectivity index (χ1v) is 10.0. The van der Waals surface area contributed by atoms with Gasteiger partial charge in [-0.2, -0.15) is 0 Å². The molecule has 0 saturated heterocycles. The highest BCUT2D eigenvalue weighted by atomic mass is 19.1. The zero-order chi connectivity index (χ0) is 19.5. The van der Waals surface area contributed by atoms with Crippen LogP contribution < -0.4 is 10.2 Å². The molecule has 0 radical (unpaired) electrons. The van der Waals surface area contributed by atoms with E-state index in [1.807, 2.05) is 18.2 Å². The summed E-state index contributed by atoms with van der Waals surface area (Å²) in [6, 6.07) is 13.1. The minimum atomic E-state index is -0.206. The molecule has 1 aliphatic rings. The van der Waals surface area contributed by atoms with E-state index in [4.69, 9.17) is 0 Å². The van der Waals surface area contributed by atoms with E-state index in [1.54, 1.807) is 4.90 Å². The first-order valence-electron chi connectivity index (χ1n) is 10.0. The number of carbonyl (C=O) groups is 1. The Morgan fingerprint density at radius 1 is 1.25 bits per heavy atom. The van der Waals surface area contributed by atoms with Gasteiger partial charge in [-0.3, -0.25) is 4.79 Å². The monoisotopic (exact) mass is 379 g/mol. The van der Waals surface area contributed by atoms with Gasteiger partial charge in [0.05, 0.1) is 0 Å². The van der Waals surface area contributed by atoms with Crippen LogP contribution in [0.5, 0.6) is 0 Å². The summed E-state index contributed by atoms with van der Waals surface area (Å²) in [5.41, 5.74) is 5.74. The van der Waals surface area contributed by atoms with E-state index in [9.17, 15) is 9.18 Å². The summed E-state index contributed by atoms with van der Waals surface area (Å²) < 4.78 is 13.1. The predicted molar refractivity (Wildman–Crippen MR) is 111 cm³/mol. The number of anilines is 1. The van der Waals surface area contributed by atoms with Gasteiger partial charge >= 0.3 is 0 Å². The van der Waals surface area contributed by atoms with Crippen molar-refractivity contribution in [1.29, 1.82) is 0 Å². The third-order valence-corrected chi connectivity index (χ3v) is 5.58. The Labute approximate surface area is 164 Å². The number of nitrogens with zero attached hydrogens (tertiary/aromatic N) is 1. The van der Waals surface area contributed by atoms with Crippen LogP contribution >= 0.6 is 0 Å². The van der Waals surface area contributed by atoms with Crippen molar-refractivity contribution < 1.29 is 9.18 Å². The van der Waals surface area contributed by atoms with Gasteiger partial charge in [-0.05, 0) is 67.1 Å². The average Bonchev–Trinajstić information content (AvgIpc) is 3.10. The molecule has 1 atom stereocenters. The highest BCUT2D eigenvalue weighted by Gasteiger charge is 2.24. The Hall–Kier alpha value is -2.66. The number of aromatic nitrogens is 1. The minimum Gasteiger partial charge on any atom is -0.357 e. The second-order valence-corrected chi connectivity index (χ2v) is 7.50. The molecule has 146 valence electrons. The quantitative estimate of drug-likeness (QED) is 0.577. The summed E-state index contributed by atoms with van der Waals surface area (Å²) in [6.07, 6.45) is 5.08. The molecule has 4 nitrogen and oxygen atoms in total. The molecule has 5 heteroatoms. The standard InChI is InChI=1S/C23H26FN3O/c1-2-12-27(15-28)18-10-11-21-20(13-18)19-4-3-5-22(23(19)26-21)25-14-16-6-8-17(24)9-7-16/h6-11,13,15,22,25-26H,2-5,12,14H2,1H3. The van der Waals surface area contributed by atoms with Crippen LogP contribution in [0, 0.1) is 5.82 Å². The van der Waals surface area contributed by atoms with Gasteiger partial charge in [-0.25, -0.2) is 4.39 Å². The molecule has 0 spiro atoms. The van der Waals surface area contributed by atoms with Gasteiger partial charge in [0.15, 0.2) is 0 Å². The molecule has 3 aromatic rings. The van der Waals surface area contributed by atoms with Crippen molar-refractivity contribution in [1.82, 2.24) is 10.3 Å². The number of H-pyrrole nitrogens is 1. The summed E-state index contributed by atoms with van der Waals surface area (Å²) >= 11 is 0. The van der Waals surface area contributed by atoms with Crippen LogP contribution in [0.1, 0.15) is 49.0 Å². The number of fused-ring (bicyclic) bond motifs is 3. The largest absolute Gasteiger partial charge is 0.357 e. The zero-order valence-corrected chi connectivity index (χ0v) is 16.2. The Morgan fingerprint density at radius 2 is 2.07 bits per heavy atom. The number of amides is 1. The molecule has 0 bridgehead atoms. The van der Waals surface area contributed by atoms with E-state index < -0.39 is 0 Å². The van der Waals surface area contributed by atoms with E-state index in [0.717, 1.165) is 55.4 Å². The van der Waals surface area contributed by atoms with Crippen LogP contribution in [0.3, 0.4) is 0 Å². The minimum absolute atomic E-state index is 0.206. The number of hydrogen-bond donors (Lipinski definition) is 2. The number of aryl methyl sites for hydroxylation is 1. The van der Waals surface area contributed by atoms with Gasteiger partial charge in [0.25, 0.3) is 0 Å². The lowest BCUT2D eigenvalue weighted by molar-refractivity contribution is -0.107. The van der Waals surface area contributed by atoms with E-state index >= 15 is 0 Å². The summed E-state index contributed by atoms with van der Waals surface area (Å²) in [4.78, 5) is 16.8. The molecule has 4 rings (SSSR count). The molecule has 0 saturated carbocycles. The molecule has 28 heavy (non-hydrogen) atoms. The molecule has 1 amide bonds. The second kappa shape index (κ2) is 8.15. The summed E-state index contributed by atoms with van der Waals surface area (Å²) in [5, 5.41) is 4.83. The number of rotatable bonds is 7. The van der Waals surface area contributed by atoms with E-state index in [1.165, 1.54) is 28.8 Å². The Balaban J connectivity index is 1.59. The third kappa shape index (κ3) is 3.67. The highest BCUT2D eigenvalue weighted by molar-refractivity contribution is 5.90. The van der Waals surface area contributed by atoms with Crippen LogP contribution in [0.2, 0.25) is 0 Å². The number of nitrogens with one attached hydrogen (secondary N) is 2. The lowest BCUT2D eigenvalue weighted by Crippen LogP contribution is -2.24. The maximum atomic E-state index is 13.1. The average molecular weight is 379 g/mol. The summed E-state index contributed by atoms with van der Waals surface area (Å²) in [5.74, 6) is -0.206. The fourth-order valence-electron chi connectivity index (χ4n) is 4.16. The molecule has 1 unspecified atom stereocenters. The van der Waals surface area contributed by atoms with E-state index in [2.05, 4.69) is 29.4 Å². The SMILES string of the molecule is CCCN(C=O)c1ccc2[nH]c3c(c2c1)CCCC3NCc1ccc(F)cc1. The van der Waals surface area contributed by atoms with Crippen molar-refractivity contribution in [2.75, 3.05) is 11.4 Å². The van der Waals surface area contributed by atoms with Gasteiger partial charge < -0.3 is 15.2 Å². The molecule has 1 aromatic heterocycles. The number of halogens is 1. The molecule has 1 aliphatic carbocycles. The molecular weight excluding hydrogens is 353 g/mol. The second-order valence-electron chi connectivity index (χ2n) is 7.50. The molecule has 2 aromatic carbocycles. The van der Waals surface area contributed by atoms with Gasteiger partial charge in [-0.15, -0.1) is 0 Å². The maximum absolute atomic E-state index is 13.1. The van der Waals surface area contributed by atoms with Crippen LogP contribution in [0.4, 0.5) is 10.1 Å². The van der Waals surface area contributed by atoms with Crippen molar-refractivity contribution in [3.8, 4) is 0 Å². The highest BCUT2D eigenvalue weighted by Crippen LogP contribution is 2.36. The van der Waals surface area contributed by atoms with Crippen molar-refractivity contribution >= 4 is 23.0 Å². The topological polar surface area (TPSA) is 48.1 Å². The normalized spacial score (nSPS) is 16.1. The van der Waals surface area contributed by atoms with Crippen LogP contribution in [-0.4, -0.2) is 17.9 Å². The molecule has 0 fully saturated rings. The Bertz CT molecular complexity index is 964. The van der Waals surface area contributed by atoms with Crippen molar-refractivity contribution in [3.05, 3.63) is 65.1 Å².